The zero-order valence-electron chi connectivity index (χ0n) is 12.3. The average Bonchev–Trinajstić information content (AvgIpc) is 2.60. The standard InChI is InChI=1S/C16H15ClN5P/c17-9-3-1-2-4-13-11-19-16(21-15(13)22-23)20-14-7-5-12(10-18)6-8-14/h5-8,11H,1,3,9,23H2,(H2,19,20,21,22). The van der Waals surface area contributed by atoms with Gasteiger partial charge in [0.2, 0.25) is 5.95 Å². The molecule has 0 amide bonds. The van der Waals surface area contributed by atoms with Crippen LogP contribution in [0.15, 0.2) is 30.5 Å². The lowest BCUT2D eigenvalue weighted by atomic mass is 10.2. The maximum atomic E-state index is 8.80. The summed E-state index contributed by atoms with van der Waals surface area (Å²) in [5.74, 6) is 7.76. The Balaban J connectivity index is 2.14. The number of hydrogen-bond donors (Lipinski definition) is 2. The molecule has 0 aliphatic heterocycles. The second kappa shape index (κ2) is 8.96. The molecule has 0 radical (unpaired) electrons. The summed E-state index contributed by atoms with van der Waals surface area (Å²) in [5.41, 5.74) is 2.13. The summed E-state index contributed by atoms with van der Waals surface area (Å²) in [4.78, 5) is 8.64. The van der Waals surface area contributed by atoms with Crippen LogP contribution in [-0.4, -0.2) is 15.8 Å². The summed E-state index contributed by atoms with van der Waals surface area (Å²) >= 11 is 5.62. The van der Waals surface area contributed by atoms with Gasteiger partial charge >= 0.3 is 0 Å². The summed E-state index contributed by atoms with van der Waals surface area (Å²) in [5, 5.41) is 14.8. The molecule has 1 atom stereocenters. The molecule has 116 valence electrons. The van der Waals surface area contributed by atoms with Gasteiger partial charge in [-0.1, -0.05) is 11.8 Å². The molecule has 1 heterocycles. The van der Waals surface area contributed by atoms with Gasteiger partial charge in [0, 0.05) is 18.0 Å². The highest BCUT2D eigenvalue weighted by Gasteiger charge is 2.04. The van der Waals surface area contributed by atoms with Crippen molar-refractivity contribution in [2.24, 2.45) is 0 Å². The summed E-state index contributed by atoms with van der Waals surface area (Å²) in [6.45, 7) is 0. The summed E-state index contributed by atoms with van der Waals surface area (Å²) < 4.78 is 0. The molecule has 2 N–H and O–H groups in total. The first kappa shape index (κ1) is 17.0. The number of benzene rings is 1. The van der Waals surface area contributed by atoms with Crippen molar-refractivity contribution in [3.8, 4) is 17.9 Å². The minimum Gasteiger partial charge on any atom is -0.353 e. The normalized spacial score (nSPS) is 9.43. The molecule has 2 aromatic rings. The molecule has 0 aliphatic rings. The number of nitrogens with one attached hydrogen (secondary N) is 2. The molecule has 1 aromatic heterocycles. The Morgan fingerprint density at radius 2 is 2.04 bits per heavy atom. The van der Waals surface area contributed by atoms with E-state index in [9.17, 15) is 0 Å². The predicted octanol–water partition coefficient (Wildman–Crippen LogP) is 3.66. The van der Waals surface area contributed by atoms with Crippen molar-refractivity contribution in [1.82, 2.24) is 9.97 Å². The number of halogens is 1. The van der Waals surface area contributed by atoms with Crippen molar-refractivity contribution in [2.75, 3.05) is 16.3 Å². The highest BCUT2D eigenvalue weighted by atomic mass is 35.5. The second-order valence-electron chi connectivity index (χ2n) is 4.51. The molecule has 2 rings (SSSR count). The Bertz CT molecular complexity index is 759. The van der Waals surface area contributed by atoms with E-state index < -0.39 is 0 Å². The minimum absolute atomic E-state index is 0.450. The Hall–Kier alpha value is -2.33. The van der Waals surface area contributed by atoms with Crippen LogP contribution in [0.25, 0.3) is 0 Å². The van der Waals surface area contributed by atoms with E-state index in [0.29, 0.717) is 23.2 Å². The Kier molecular flexibility index (Phi) is 6.63. The molecule has 0 fully saturated rings. The van der Waals surface area contributed by atoms with Gasteiger partial charge in [-0.15, -0.1) is 11.6 Å². The van der Waals surface area contributed by atoms with E-state index in [1.54, 1.807) is 30.5 Å². The number of hydrogen-bond acceptors (Lipinski definition) is 5. The van der Waals surface area contributed by atoms with Gasteiger partial charge in [-0.3, -0.25) is 0 Å². The van der Waals surface area contributed by atoms with Crippen LogP contribution in [0, 0.1) is 23.2 Å². The molecule has 0 saturated carbocycles. The lowest BCUT2D eigenvalue weighted by Crippen LogP contribution is -2.00. The van der Waals surface area contributed by atoms with Crippen LogP contribution in [0.3, 0.4) is 0 Å². The summed E-state index contributed by atoms with van der Waals surface area (Å²) in [6, 6.07) is 9.14. The topological polar surface area (TPSA) is 73.6 Å². The molecule has 5 nitrogen and oxygen atoms in total. The third-order valence-electron chi connectivity index (χ3n) is 2.85. The number of nitriles is 1. The molecule has 1 unspecified atom stereocenters. The second-order valence-corrected chi connectivity index (χ2v) is 5.18. The van der Waals surface area contributed by atoms with Crippen molar-refractivity contribution in [3.05, 3.63) is 41.6 Å². The Morgan fingerprint density at radius 1 is 1.26 bits per heavy atom. The van der Waals surface area contributed by atoms with Gasteiger partial charge in [-0.2, -0.15) is 10.2 Å². The molecule has 1 aromatic carbocycles. The monoisotopic (exact) mass is 343 g/mol. The highest BCUT2D eigenvalue weighted by molar-refractivity contribution is 7.18. The van der Waals surface area contributed by atoms with Crippen LogP contribution in [0.2, 0.25) is 0 Å². The third-order valence-corrected chi connectivity index (χ3v) is 3.39. The van der Waals surface area contributed by atoms with E-state index in [-0.39, 0.29) is 0 Å². The first-order valence-corrected chi connectivity index (χ1v) is 8.03. The molecular weight excluding hydrogens is 329 g/mol. The van der Waals surface area contributed by atoms with Gasteiger partial charge in [0.1, 0.15) is 5.82 Å². The predicted molar refractivity (Wildman–Crippen MR) is 96.6 cm³/mol. The minimum atomic E-state index is 0.450. The van der Waals surface area contributed by atoms with Crippen molar-refractivity contribution in [3.63, 3.8) is 0 Å². The van der Waals surface area contributed by atoms with Crippen molar-refractivity contribution in [1.29, 1.82) is 5.26 Å². The van der Waals surface area contributed by atoms with E-state index in [0.717, 1.165) is 24.1 Å². The fourth-order valence-corrected chi connectivity index (χ4v) is 2.07. The van der Waals surface area contributed by atoms with Crippen molar-refractivity contribution in [2.45, 2.75) is 12.8 Å². The summed E-state index contributed by atoms with van der Waals surface area (Å²) in [7, 11) is 2.41. The largest absolute Gasteiger partial charge is 0.353 e. The molecule has 0 spiro atoms. The van der Waals surface area contributed by atoms with Crippen LogP contribution >= 0.6 is 21.0 Å². The maximum Gasteiger partial charge on any atom is 0.229 e. The third kappa shape index (κ3) is 5.11. The maximum absolute atomic E-state index is 8.80. The molecule has 7 heteroatoms. The molecule has 23 heavy (non-hydrogen) atoms. The zero-order valence-corrected chi connectivity index (χ0v) is 14.2. The van der Waals surface area contributed by atoms with Gasteiger partial charge in [0.25, 0.3) is 0 Å². The van der Waals surface area contributed by atoms with Crippen molar-refractivity contribution < 1.29 is 0 Å². The van der Waals surface area contributed by atoms with E-state index >= 15 is 0 Å². The van der Waals surface area contributed by atoms with Gasteiger partial charge in [0.05, 0.1) is 23.4 Å². The van der Waals surface area contributed by atoms with Gasteiger partial charge in [-0.05, 0) is 40.1 Å². The van der Waals surface area contributed by atoms with E-state index in [4.69, 9.17) is 16.9 Å². The lowest BCUT2D eigenvalue weighted by molar-refractivity contribution is 0.991. The Labute approximate surface area is 142 Å². The number of rotatable bonds is 5. The van der Waals surface area contributed by atoms with Crippen molar-refractivity contribution >= 4 is 38.4 Å². The quantitative estimate of drug-likeness (QED) is 0.375. The number of alkyl halides is 1. The smallest absolute Gasteiger partial charge is 0.229 e. The molecule has 0 saturated heterocycles. The van der Waals surface area contributed by atoms with Gasteiger partial charge in [0.15, 0.2) is 0 Å². The van der Waals surface area contributed by atoms with Gasteiger partial charge < -0.3 is 10.4 Å². The molecular formula is C16H15ClN5P. The van der Waals surface area contributed by atoms with E-state index in [2.05, 4.69) is 47.7 Å². The Morgan fingerprint density at radius 3 is 2.70 bits per heavy atom. The average molecular weight is 344 g/mol. The van der Waals surface area contributed by atoms with E-state index in [1.165, 1.54) is 0 Å². The SMILES string of the molecule is N#Cc1ccc(Nc2ncc(C#CCCCCl)c(NP)n2)cc1. The number of aromatic nitrogens is 2. The number of unbranched alkanes of at least 4 members (excludes halogenated alkanes) is 1. The van der Waals surface area contributed by atoms with Crippen LogP contribution < -0.4 is 10.4 Å². The first-order chi connectivity index (χ1) is 11.3. The fourth-order valence-electron chi connectivity index (χ4n) is 1.71. The zero-order chi connectivity index (χ0) is 16.5. The number of nitrogens with zero attached hydrogens (tertiary/aromatic N) is 3. The lowest BCUT2D eigenvalue weighted by Gasteiger charge is -2.07. The van der Waals surface area contributed by atoms with Crippen LogP contribution in [-0.2, 0) is 0 Å². The van der Waals surface area contributed by atoms with E-state index in [1.807, 2.05) is 0 Å². The molecule has 0 bridgehead atoms. The van der Waals surface area contributed by atoms with Crippen LogP contribution in [0.4, 0.5) is 17.5 Å². The summed E-state index contributed by atoms with van der Waals surface area (Å²) in [6.07, 6.45) is 3.27. The van der Waals surface area contributed by atoms with Gasteiger partial charge in [-0.25, -0.2) is 4.98 Å². The van der Waals surface area contributed by atoms with Crippen LogP contribution in [0.5, 0.6) is 0 Å². The fraction of sp³-hybridized carbons (Fsp3) is 0.188. The van der Waals surface area contributed by atoms with Crippen LogP contribution in [0.1, 0.15) is 24.0 Å². The first-order valence-electron chi connectivity index (χ1n) is 6.92. The number of anilines is 3. The highest BCUT2D eigenvalue weighted by Crippen LogP contribution is 2.18. The molecule has 0 aliphatic carbocycles.